The number of nitrogens with one attached hydrogen (secondary N) is 1. The van der Waals surface area contributed by atoms with Crippen molar-refractivity contribution in [1.82, 2.24) is 5.32 Å². The summed E-state index contributed by atoms with van der Waals surface area (Å²) >= 11 is 12.5. The molecule has 0 radical (unpaired) electrons. The first-order chi connectivity index (χ1) is 10.1. The lowest BCUT2D eigenvalue weighted by molar-refractivity contribution is 0.404. The van der Waals surface area contributed by atoms with Crippen molar-refractivity contribution in [2.24, 2.45) is 0 Å². The summed E-state index contributed by atoms with van der Waals surface area (Å²) in [6.07, 6.45) is 0.988. The lowest BCUT2D eigenvalue weighted by atomic mass is 9.77. The fraction of sp³-hybridized carbons (Fsp3) is 0.294. The van der Waals surface area contributed by atoms with Crippen molar-refractivity contribution in [1.29, 1.82) is 0 Å². The van der Waals surface area contributed by atoms with Gasteiger partial charge in [0.05, 0.1) is 0 Å². The topological polar surface area (TPSA) is 12.0 Å². The maximum absolute atomic E-state index is 13.1. The van der Waals surface area contributed by atoms with Crippen LogP contribution in [0.2, 0.25) is 10.0 Å². The highest BCUT2D eigenvalue weighted by Gasteiger charge is 2.29. The lowest BCUT2D eigenvalue weighted by Gasteiger charge is -2.33. The molecule has 0 saturated carbocycles. The quantitative estimate of drug-likeness (QED) is 0.820. The molecule has 1 nitrogen and oxygen atoms in total. The largest absolute Gasteiger partial charge is 0.316 e. The Bertz CT molecular complexity index is 627. The summed E-state index contributed by atoms with van der Waals surface area (Å²) in [5, 5.41) is 4.86. The average molecular weight is 324 g/mol. The zero-order valence-corrected chi connectivity index (χ0v) is 13.0. The Balaban J connectivity index is 1.98. The van der Waals surface area contributed by atoms with Crippen LogP contribution >= 0.6 is 23.2 Å². The SMILES string of the molecule is Fc1ccc(C2CNCCC2c2cc(Cl)ccc2Cl)cc1. The molecule has 4 heteroatoms. The number of halogens is 3. The number of hydrogen-bond acceptors (Lipinski definition) is 1. The van der Waals surface area contributed by atoms with E-state index in [9.17, 15) is 4.39 Å². The van der Waals surface area contributed by atoms with Gasteiger partial charge in [0.2, 0.25) is 0 Å². The highest BCUT2D eigenvalue weighted by Crippen LogP contribution is 2.41. The molecule has 0 aromatic heterocycles. The Morgan fingerprint density at radius 2 is 1.76 bits per heavy atom. The third-order valence-electron chi connectivity index (χ3n) is 4.14. The van der Waals surface area contributed by atoms with Gasteiger partial charge in [-0.3, -0.25) is 0 Å². The highest BCUT2D eigenvalue weighted by atomic mass is 35.5. The lowest BCUT2D eigenvalue weighted by Crippen LogP contribution is -2.34. The van der Waals surface area contributed by atoms with Crippen LogP contribution in [-0.4, -0.2) is 13.1 Å². The summed E-state index contributed by atoms with van der Waals surface area (Å²) < 4.78 is 13.1. The molecular weight excluding hydrogens is 308 g/mol. The molecule has 1 fully saturated rings. The number of piperidine rings is 1. The minimum Gasteiger partial charge on any atom is -0.316 e. The zero-order valence-electron chi connectivity index (χ0n) is 11.5. The van der Waals surface area contributed by atoms with Crippen LogP contribution in [0.5, 0.6) is 0 Å². The normalized spacial score (nSPS) is 22.2. The van der Waals surface area contributed by atoms with E-state index in [1.807, 2.05) is 24.3 Å². The summed E-state index contributed by atoms with van der Waals surface area (Å²) in [6, 6.07) is 12.4. The van der Waals surface area contributed by atoms with E-state index in [2.05, 4.69) is 5.32 Å². The highest BCUT2D eigenvalue weighted by molar-refractivity contribution is 6.33. The molecule has 2 atom stereocenters. The van der Waals surface area contributed by atoms with E-state index >= 15 is 0 Å². The summed E-state index contributed by atoms with van der Waals surface area (Å²) in [4.78, 5) is 0. The van der Waals surface area contributed by atoms with Crippen LogP contribution in [0.3, 0.4) is 0 Å². The second kappa shape index (κ2) is 6.35. The Hall–Kier alpha value is -1.09. The van der Waals surface area contributed by atoms with Crippen molar-refractivity contribution in [3.05, 3.63) is 69.5 Å². The second-order valence-electron chi connectivity index (χ2n) is 5.42. The van der Waals surface area contributed by atoms with Crippen LogP contribution in [0.1, 0.15) is 29.4 Å². The van der Waals surface area contributed by atoms with E-state index in [-0.39, 0.29) is 11.7 Å². The molecule has 1 saturated heterocycles. The van der Waals surface area contributed by atoms with Crippen LogP contribution in [-0.2, 0) is 0 Å². The summed E-state index contributed by atoms with van der Waals surface area (Å²) in [5.74, 6) is 0.359. The molecule has 2 unspecified atom stereocenters. The van der Waals surface area contributed by atoms with Crippen LogP contribution in [0.25, 0.3) is 0 Å². The van der Waals surface area contributed by atoms with Crippen molar-refractivity contribution in [3.63, 3.8) is 0 Å². The molecule has 110 valence electrons. The van der Waals surface area contributed by atoms with E-state index in [1.54, 1.807) is 6.07 Å². The van der Waals surface area contributed by atoms with Gasteiger partial charge in [-0.25, -0.2) is 4.39 Å². The van der Waals surface area contributed by atoms with Gasteiger partial charge in [-0.05, 0) is 60.3 Å². The molecule has 1 heterocycles. The standard InChI is InChI=1S/C17H16Cl2FN/c18-12-3-6-17(19)15(9-12)14-7-8-21-10-16(14)11-1-4-13(20)5-2-11/h1-6,9,14,16,21H,7-8,10H2. The molecule has 0 aliphatic carbocycles. The Kier molecular flexibility index (Phi) is 4.48. The van der Waals surface area contributed by atoms with Gasteiger partial charge >= 0.3 is 0 Å². The third kappa shape index (κ3) is 3.23. The first kappa shape index (κ1) is 14.8. The molecule has 21 heavy (non-hydrogen) atoms. The van der Waals surface area contributed by atoms with Crippen LogP contribution in [0.15, 0.2) is 42.5 Å². The molecular formula is C17H16Cl2FN. The number of hydrogen-bond donors (Lipinski definition) is 1. The maximum Gasteiger partial charge on any atom is 0.123 e. The van der Waals surface area contributed by atoms with E-state index in [0.717, 1.165) is 35.7 Å². The molecule has 0 spiro atoms. The van der Waals surface area contributed by atoms with E-state index < -0.39 is 0 Å². The predicted octanol–water partition coefficient (Wildman–Crippen LogP) is 4.99. The van der Waals surface area contributed by atoms with Gasteiger partial charge in [0.25, 0.3) is 0 Å². The van der Waals surface area contributed by atoms with Gasteiger partial charge in [-0.1, -0.05) is 35.3 Å². The smallest absolute Gasteiger partial charge is 0.123 e. The minimum absolute atomic E-state index is 0.208. The Morgan fingerprint density at radius 1 is 1.00 bits per heavy atom. The molecule has 1 aliphatic heterocycles. The molecule has 0 amide bonds. The summed E-state index contributed by atoms with van der Waals surface area (Å²) in [6.45, 7) is 1.81. The second-order valence-corrected chi connectivity index (χ2v) is 6.27. The molecule has 0 bridgehead atoms. The molecule has 1 aliphatic rings. The van der Waals surface area contributed by atoms with E-state index in [0.29, 0.717) is 10.9 Å². The Morgan fingerprint density at radius 3 is 2.52 bits per heavy atom. The third-order valence-corrected chi connectivity index (χ3v) is 4.72. The molecule has 2 aromatic rings. The van der Waals surface area contributed by atoms with Crippen molar-refractivity contribution in [2.75, 3.05) is 13.1 Å². The van der Waals surface area contributed by atoms with Crippen LogP contribution in [0, 0.1) is 5.82 Å². The van der Waals surface area contributed by atoms with Crippen molar-refractivity contribution in [3.8, 4) is 0 Å². The maximum atomic E-state index is 13.1. The molecule has 1 N–H and O–H groups in total. The Labute approximate surface area is 134 Å². The monoisotopic (exact) mass is 323 g/mol. The van der Waals surface area contributed by atoms with Crippen molar-refractivity contribution >= 4 is 23.2 Å². The fourth-order valence-corrected chi connectivity index (χ4v) is 3.53. The fourth-order valence-electron chi connectivity index (χ4n) is 3.09. The zero-order chi connectivity index (χ0) is 14.8. The first-order valence-corrected chi connectivity index (χ1v) is 7.82. The van der Waals surface area contributed by atoms with E-state index in [1.165, 1.54) is 12.1 Å². The molecule has 3 rings (SSSR count). The minimum atomic E-state index is -0.208. The first-order valence-electron chi connectivity index (χ1n) is 7.06. The van der Waals surface area contributed by atoms with Crippen molar-refractivity contribution < 1.29 is 4.39 Å². The summed E-state index contributed by atoms with van der Waals surface area (Å²) in [7, 11) is 0. The average Bonchev–Trinajstić information content (AvgIpc) is 2.51. The van der Waals surface area contributed by atoms with Crippen molar-refractivity contribution in [2.45, 2.75) is 18.3 Å². The van der Waals surface area contributed by atoms with Crippen LogP contribution < -0.4 is 5.32 Å². The summed E-state index contributed by atoms with van der Waals surface area (Å²) in [5.41, 5.74) is 2.21. The van der Waals surface area contributed by atoms with Gasteiger partial charge in [-0.15, -0.1) is 0 Å². The van der Waals surface area contributed by atoms with Gasteiger partial charge in [0, 0.05) is 22.5 Å². The van der Waals surface area contributed by atoms with Gasteiger partial charge in [-0.2, -0.15) is 0 Å². The molecule has 2 aromatic carbocycles. The van der Waals surface area contributed by atoms with Gasteiger partial charge in [0.1, 0.15) is 5.82 Å². The van der Waals surface area contributed by atoms with Crippen LogP contribution in [0.4, 0.5) is 4.39 Å². The predicted molar refractivity (Wildman–Crippen MR) is 85.8 cm³/mol. The van der Waals surface area contributed by atoms with Gasteiger partial charge < -0.3 is 5.32 Å². The van der Waals surface area contributed by atoms with E-state index in [4.69, 9.17) is 23.2 Å². The number of benzene rings is 2. The van der Waals surface area contributed by atoms with Gasteiger partial charge in [0.15, 0.2) is 0 Å². The number of rotatable bonds is 2.